The summed E-state index contributed by atoms with van der Waals surface area (Å²) in [5, 5.41) is 7.64. The van der Waals surface area contributed by atoms with Crippen LogP contribution in [0.1, 0.15) is 19.5 Å². The summed E-state index contributed by atoms with van der Waals surface area (Å²) in [6, 6.07) is 4.48. The van der Waals surface area contributed by atoms with Gasteiger partial charge in [-0.3, -0.25) is 4.98 Å². The Morgan fingerprint density at radius 3 is 2.94 bits per heavy atom. The standard InChI is InChI=1S/C12H15IN4/c1-9(2)15-7-11-5-12(3-4-14-11)17-8-10(13)6-16-17/h3-6,8-9,15H,7H2,1-2H3. The van der Waals surface area contributed by atoms with Crippen LogP contribution in [0, 0.1) is 3.57 Å². The van der Waals surface area contributed by atoms with Gasteiger partial charge in [-0.2, -0.15) is 5.10 Å². The number of hydrogen-bond donors (Lipinski definition) is 1. The largest absolute Gasteiger partial charge is 0.309 e. The minimum atomic E-state index is 0.464. The lowest BCUT2D eigenvalue weighted by molar-refractivity contribution is 0.581. The zero-order valence-corrected chi connectivity index (χ0v) is 12.0. The molecule has 2 heterocycles. The highest BCUT2D eigenvalue weighted by atomic mass is 127. The Bertz CT molecular complexity index is 493. The Morgan fingerprint density at radius 1 is 1.47 bits per heavy atom. The average molecular weight is 342 g/mol. The zero-order chi connectivity index (χ0) is 12.3. The molecule has 0 amide bonds. The molecule has 0 aliphatic heterocycles. The number of hydrogen-bond acceptors (Lipinski definition) is 3. The molecule has 0 aromatic carbocycles. The molecule has 5 heteroatoms. The summed E-state index contributed by atoms with van der Waals surface area (Å²) in [6.07, 6.45) is 5.66. The minimum Gasteiger partial charge on any atom is -0.309 e. The summed E-state index contributed by atoms with van der Waals surface area (Å²) in [5.41, 5.74) is 2.07. The van der Waals surface area contributed by atoms with E-state index in [9.17, 15) is 0 Å². The van der Waals surface area contributed by atoms with Crippen LogP contribution >= 0.6 is 22.6 Å². The highest BCUT2D eigenvalue weighted by Gasteiger charge is 2.02. The smallest absolute Gasteiger partial charge is 0.0679 e. The molecule has 1 N–H and O–H groups in total. The summed E-state index contributed by atoms with van der Waals surface area (Å²) < 4.78 is 2.99. The summed E-state index contributed by atoms with van der Waals surface area (Å²) in [4.78, 5) is 4.34. The van der Waals surface area contributed by atoms with Gasteiger partial charge < -0.3 is 5.32 Å². The monoisotopic (exact) mass is 342 g/mol. The topological polar surface area (TPSA) is 42.7 Å². The maximum atomic E-state index is 4.34. The zero-order valence-electron chi connectivity index (χ0n) is 9.89. The maximum Gasteiger partial charge on any atom is 0.0679 e. The second kappa shape index (κ2) is 5.59. The third-order valence-corrected chi connectivity index (χ3v) is 2.86. The highest BCUT2D eigenvalue weighted by molar-refractivity contribution is 14.1. The Kier molecular flexibility index (Phi) is 4.11. The molecule has 0 radical (unpaired) electrons. The van der Waals surface area contributed by atoms with Crippen LogP contribution in [0.3, 0.4) is 0 Å². The molecule has 0 saturated heterocycles. The second-order valence-corrected chi connectivity index (χ2v) is 5.39. The molecular formula is C12H15IN4. The van der Waals surface area contributed by atoms with Crippen LogP contribution in [0.15, 0.2) is 30.7 Å². The third kappa shape index (κ3) is 3.50. The molecule has 0 aliphatic rings. The lowest BCUT2D eigenvalue weighted by atomic mass is 10.3. The van der Waals surface area contributed by atoms with Gasteiger partial charge in [-0.1, -0.05) is 13.8 Å². The van der Waals surface area contributed by atoms with Gasteiger partial charge in [0.2, 0.25) is 0 Å². The third-order valence-electron chi connectivity index (χ3n) is 2.31. The molecule has 0 unspecified atom stereocenters. The summed E-state index contributed by atoms with van der Waals surface area (Å²) in [7, 11) is 0. The van der Waals surface area contributed by atoms with Gasteiger partial charge in [0.05, 0.1) is 21.1 Å². The van der Waals surface area contributed by atoms with Crippen molar-refractivity contribution in [1.29, 1.82) is 0 Å². The lowest BCUT2D eigenvalue weighted by Crippen LogP contribution is -2.22. The van der Waals surface area contributed by atoms with Crippen molar-refractivity contribution in [1.82, 2.24) is 20.1 Å². The van der Waals surface area contributed by atoms with E-state index in [-0.39, 0.29) is 0 Å². The average Bonchev–Trinajstić information content (AvgIpc) is 2.74. The van der Waals surface area contributed by atoms with Crippen LogP contribution in [0.4, 0.5) is 0 Å². The minimum absolute atomic E-state index is 0.464. The Morgan fingerprint density at radius 2 is 2.29 bits per heavy atom. The van der Waals surface area contributed by atoms with Crippen LogP contribution in [0.2, 0.25) is 0 Å². The number of rotatable bonds is 4. The fraction of sp³-hybridized carbons (Fsp3) is 0.333. The molecule has 2 aromatic rings. The normalized spacial score (nSPS) is 11.1. The summed E-state index contributed by atoms with van der Waals surface area (Å²) in [6.45, 7) is 5.03. The van der Waals surface area contributed by atoms with Crippen LogP contribution in [-0.2, 0) is 6.54 Å². The van der Waals surface area contributed by atoms with Gasteiger partial charge in [-0.15, -0.1) is 0 Å². The SMILES string of the molecule is CC(C)NCc1cc(-n2cc(I)cn2)ccn1. The van der Waals surface area contributed by atoms with Crippen molar-refractivity contribution in [3.8, 4) is 5.69 Å². The van der Waals surface area contributed by atoms with E-state index in [0.29, 0.717) is 6.04 Å². The van der Waals surface area contributed by atoms with E-state index < -0.39 is 0 Å². The van der Waals surface area contributed by atoms with Gasteiger partial charge in [0, 0.05) is 25.0 Å². The number of halogens is 1. The molecule has 90 valence electrons. The van der Waals surface area contributed by atoms with E-state index >= 15 is 0 Å². The van der Waals surface area contributed by atoms with Gasteiger partial charge in [0.25, 0.3) is 0 Å². The number of nitrogens with zero attached hydrogens (tertiary/aromatic N) is 3. The van der Waals surface area contributed by atoms with Crippen molar-refractivity contribution in [2.45, 2.75) is 26.4 Å². The molecule has 0 aliphatic carbocycles. The van der Waals surface area contributed by atoms with Crippen LogP contribution < -0.4 is 5.32 Å². The highest BCUT2D eigenvalue weighted by Crippen LogP contribution is 2.10. The van der Waals surface area contributed by atoms with Crippen LogP contribution in [-0.4, -0.2) is 20.8 Å². The first-order valence-electron chi connectivity index (χ1n) is 5.54. The summed E-state index contributed by atoms with van der Waals surface area (Å²) >= 11 is 2.25. The Labute approximate surface area is 115 Å². The number of nitrogens with one attached hydrogen (secondary N) is 1. The number of pyridine rings is 1. The van der Waals surface area contributed by atoms with Crippen molar-refractivity contribution >= 4 is 22.6 Å². The van der Waals surface area contributed by atoms with Crippen molar-refractivity contribution in [3.05, 3.63) is 40.0 Å². The van der Waals surface area contributed by atoms with Crippen molar-refractivity contribution in [2.24, 2.45) is 0 Å². The Hall–Kier alpha value is -0.950. The van der Waals surface area contributed by atoms with Crippen molar-refractivity contribution < 1.29 is 0 Å². The molecule has 4 nitrogen and oxygen atoms in total. The molecule has 0 spiro atoms. The fourth-order valence-electron chi connectivity index (χ4n) is 1.46. The first kappa shape index (κ1) is 12.5. The van der Waals surface area contributed by atoms with Crippen molar-refractivity contribution in [3.63, 3.8) is 0 Å². The van der Waals surface area contributed by atoms with Crippen LogP contribution in [0.25, 0.3) is 5.69 Å². The second-order valence-electron chi connectivity index (χ2n) is 4.14. The molecule has 0 bridgehead atoms. The first-order valence-corrected chi connectivity index (χ1v) is 6.62. The molecule has 0 fully saturated rings. The van der Waals surface area contributed by atoms with E-state index in [0.717, 1.165) is 21.5 Å². The Balaban J connectivity index is 2.16. The van der Waals surface area contributed by atoms with Gasteiger partial charge >= 0.3 is 0 Å². The van der Waals surface area contributed by atoms with Gasteiger partial charge in [0.15, 0.2) is 0 Å². The quantitative estimate of drug-likeness (QED) is 0.868. The molecular weight excluding hydrogens is 327 g/mol. The molecule has 2 rings (SSSR count). The van der Waals surface area contributed by atoms with E-state index in [1.165, 1.54) is 0 Å². The fourth-order valence-corrected chi connectivity index (χ4v) is 1.84. The maximum absolute atomic E-state index is 4.34. The van der Waals surface area contributed by atoms with Crippen LogP contribution in [0.5, 0.6) is 0 Å². The van der Waals surface area contributed by atoms with Gasteiger partial charge in [0.1, 0.15) is 0 Å². The predicted octanol–water partition coefficient (Wildman–Crippen LogP) is 2.37. The van der Waals surface area contributed by atoms with Crippen molar-refractivity contribution in [2.75, 3.05) is 0 Å². The molecule has 0 saturated carbocycles. The first-order chi connectivity index (χ1) is 8.15. The van der Waals surface area contributed by atoms with E-state index in [4.69, 9.17) is 0 Å². The van der Waals surface area contributed by atoms with Gasteiger partial charge in [-0.05, 0) is 34.7 Å². The molecule has 17 heavy (non-hydrogen) atoms. The van der Waals surface area contributed by atoms with E-state index in [1.54, 1.807) is 0 Å². The van der Waals surface area contributed by atoms with E-state index in [2.05, 4.69) is 57.9 Å². The predicted molar refractivity (Wildman–Crippen MR) is 76.1 cm³/mol. The summed E-state index contributed by atoms with van der Waals surface area (Å²) in [5.74, 6) is 0. The van der Waals surface area contributed by atoms with E-state index in [1.807, 2.05) is 29.3 Å². The molecule has 2 aromatic heterocycles. The van der Waals surface area contributed by atoms with Gasteiger partial charge in [-0.25, -0.2) is 4.68 Å². The lowest BCUT2D eigenvalue weighted by Gasteiger charge is -2.08. The molecule has 0 atom stereocenters. The number of aromatic nitrogens is 3.